The van der Waals surface area contributed by atoms with Gasteiger partial charge in [0, 0.05) is 13.1 Å². The average Bonchev–Trinajstić information content (AvgIpc) is 2.46. The average molecular weight is 262 g/mol. The van der Waals surface area contributed by atoms with Crippen molar-refractivity contribution in [3.63, 3.8) is 0 Å². The Morgan fingerprint density at radius 1 is 1.32 bits per heavy atom. The number of nitrogens with two attached hydrogens (primary N) is 1. The summed E-state index contributed by atoms with van der Waals surface area (Å²) in [6, 6.07) is 5.73. The van der Waals surface area contributed by atoms with E-state index in [0.29, 0.717) is 11.4 Å². The second kappa shape index (κ2) is 6.45. The maximum absolute atomic E-state index is 12.0. The normalized spacial score (nSPS) is 15.3. The molecular formula is C15H22N2O2. The number of hydrogen-bond donors (Lipinski definition) is 1. The number of piperidine rings is 1. The summed E-state index contributed by atoms with van der Waals surface area (Å²) in [4.78, 5) is 13.8. The summed E-state index contributed by atoms with van der Waals surface area (Å²) in [5.41, 5.74) is 7.69. The van der Waals surface area contributed by atoms with E-state index in [1.54, 1.807) is 0 Å². The summed E-state index contributed by atoms with van der Waals surface area (Å²) in [5, 5.41) is 0. The Hall–Kier alpha value is -1.71. The van der Waals surface area contributed by atoms with Crippen molar-refractivity contribution < 1.29 is 9.53 Å². The van der Waals surface area contributed by atoms with Gasteiger partial charge in [-0.15, -0.1) is 0 Å². The van der Waals surface area contributed by atoms with E-state index in [9.17, 15) is 4.79 Å². The fourth-order valence-electron chi connectivity index (χ4n) is 2.32. The molecule has 4 heteroatoms. The molecule has 1 aromatic carbocycles. The third-order valence-corrected chi connectivity index (χ3v) is 3.54. The maximum atomic E-state index is 12.0. The maximum Gasteiger partial charge on any atom is 0.260 e. The first-order valence-corrected chi connectivity index (χ1v) is 6.99. The van der Waals surface area contributed by atoms with E-state index < -0.39 is 0 Å². The molecule has 0 unspecified atom stereocenters. The minimum absolute atomic E-state index is 0.0543. The van der Waals surface area contributed by atoms with Crippen LogP contribution in [0.1, 0.15) is 31.7 Å². The number of amides is 1. The summed E-state index contributed by atoms with van der Waals surface area (Å²) in [6.45, 7) is 3.86. The topological polar surface area (TPSA) is 55.6 Å². The molecule has 4 nitrogen and oxygen atoms in total. The molecule has 1 saturated heterocycles. The monoisotopic (exact) mass is 262 g/mol. The van der Waals surface area contributed by atoms with E-state index in [-0.39, 0.29) is 12.5 Å². The minimum Gasteiger partial charge on any atom is -0.482 e. The zero-order valence-corrected chi connectivity index (χ0v) is 11.5. The lowest BCUT2D eigenvalue weighted by atomic mass is 10.1. The molecule has 1 heterocycles. The quantitative estimate of drug-likeness (QED) is 0.846. The number of carbonyl (C=O) groups excluding carboxylic acids is 1. The molecule has 1 fully saturated rings. The van der Waals surface area contributed by atoms with Crippen LogP contribution in [0.4, 0.5) is 5.69 Å². The van der Waals surface area contributed by atoms with Gasteiger partial charge < -0.3 is 15.4 Å². The molecule has 2 rings (SSSR count). The summed E-state index contributed by atoms with van der Waals surface area (Å²) in [7, 11) is 0. The van der Waals surface area contributed by atoms with Gasteiger partial charge in [-0.3, -0.25) is 4.79 Å². The molecule has 0 radical (unpaired) electrons. The molecule has 2 N–H and O–H groups in total. The van der Waals surface area contributed by atoms with Crippen molar-refractivity contribution in [2.24, 2.45) is 0 Å². The van der Waals surface area contributed by atoms with Crippen LogP contribution in [0.15, 0.2) is 18.2 Å². The Kier molecular flexibility index (Phi) is 4.66. The number of benzene rings is 1. The van der Waals surface area contributed by atoms with Gasteiger partial charge >= 0.3 is 0 Å². The van der Waals surface area contributed by atoms with Crippen LogP contribution in [0.3, 0.4) is 0 Å². The molecule has 0 aromatic heterocycles. The number of rotatable bonds is 4. The summed E-state index contributed by atoms with van der Waals surface area (Å²) in [5.74, 6) is 0.654. The lowest BCUT2D eigenvalue weighted by Gasteiger charge is -2.26. The number of ether oxygens (including phenoxy) is 1. The van der Waals surface area contributed by atoms with Crippen LogP contribution in [-0.2, 0) is 11.2 Å². The van der Waals surface area contributed by atoms with Crippen molar-refractivity contribution in [3.8, 4) is 5.75 Å². The lowest BCUT2D eigenvalue weighted by molar-refractivity contribution is -0.134. The number of carbonyl (C=O) groups is 1. The number of likely N-dealkylation sites (tertiary alicyclic amines) is 1. The van der Waals surface area contributed by atoms with Crippen molar-refractivity contribution in [1.29, 1.82) is 0 Å². The van der Waals surface area contributed by atoms with Crippen LogP contribution < -0.4 is 10.5 Å². The number of anilines is 1. The Balaban J connectivity index is 1.89. The van der Waals surface area contributed by atoms with Crippen LogP contribution >= 0.6 is 0 Å². The molecule has 0 atom stereocenters. The zero-order chi connectivity index (χ0) is 13.7. The standard InChI is InChI=1S/C15H22N2O2/c1-2-12-6-7-14(13(16)10-12)19-11-15(18)17-8-4-3-5-9-17/h6-7,10H,2-5,8-9,11,16H2,1H3. The molecule has 0 saturated carbocycles. The third kappa shape index (κ3) is 3.63. The van der Waals surface area contributed by atoms with Gasteiger partial charge in [0.15, 0.2) is 6.61 Å². The van der Waals surface area contributed by atoms with E-state index in [4.69, 9.17) is 10.5 Å². The number of nitrogen functional groups attached to an aromatic ring is 1. The van der Waals surface area contributed by atoms with Gasteiger partial charge in [-0.2, -0.15) is 0 Å². The first-order chi connectivity index (χ1) is 9.20. The molecule has 1 aliphatic heterocycles. The summed E-state index contributed by atoms with van der Waals surface area (Å²) < 4.78 is 5.54. The SMILES string of the molecule is CCc1ccc(OCC(=O)N2CCCCC2)c(N)c1. The zero-order valence-electron chi connectivity index (χ0n) is 11.5. The largest absolute Gasteiger partial charge is 0.482 e. The molecular weight excluding hydrogens is 240 g/mol. The highest BCUT2D eigenvalue weighted by Gasteiger charge is 2.17. The second-order valence-corrected chi connectivity index (χ2v) is 4.96. The van der Waals surface area contributed by atoms with Crippen LogP contribution in [0.2, 0.25) is 0 Å². The van der Waals surface area contributed by atoms with Crippen LogP contribution in [-0.4, -0.2) is 30.5 Å². The number of nitrogens with zero attached hydrogens (tertiary/aromatic N) is 1. The second-order valence-electron chi connectivity index (χ2n) is 4.96. The van der Waals surface area contributed by atoms with Gasteiger partial charge in [0.05, 0.1) is 5.69 Å². The summed E-state index contributed by atoms with van der Waals surface area (Å²) in [6.07, 6.45) is 4.35. The Morgan fingerprint density at radius 2 is 2.05 bits per heavy atom. The molecule has 1 aliphatic rings. The molecule has 19 heavy (non-hydrogen) atoms. The van der Waals surface area contributed by atoms with Crippen molar-refractivity contribution in [2.45, 2.75) is 32.6 Å². The van der Waals surface area contributed by atoms with Crippen LogP contribution in [0.5, 0.6) is 5.75 Å². The highest BCUT2D eigenvalue weighted by Crippen LogP contribution is 2.23. The van der Waals surface area contributed by atoms with Crippen molar-refractivity contribution in [3.05, 3.63) is 23.8 Å². The van der Waals surface area contributed by atoms with Gasteiger partial charge in [0.1, 0.15) is 5.75 Å². The van der Waals surface area contributed by atoms with Crippen LogP contribution in [0, 0.1) is 0 Å². The third-order valence-electron chi connectivity index (χ3n) is 3.54. The Labute approximate surface area is 114 Å². The summed E-state index contributed by atoms with van der Waals surface area (Å²) >= 11 is 0. The predicted octanol–water partition coefficient (Wildman–Crippen LogP) is 2.22. The van der Waals surface area contributed by atoms with Crippen molar-refractivity contribution in [2.75, 3.05) is 25.4 Å². The van der Waals surface area contributed by atoms with Gasteiger partial charge in [-0.1, -0.05) is 13.0 Å². The number of hydrogen-bond acceptors (Lipinski definition) is 3. The van der Waals surface area contributed by atoms with E-state index in [1.807, 2.05) is 23.1 Å². The molecule has 1 amide bonds. The molecule has 0 bridgehead atoms. The van der Waals surface area contributed by atoms with E-state index in [1.165, 1.54) is 12.0 Å². The molecule has 0 aliphatic carbocycles. The first-order valence-electron chi connectivity index (χ1n) is 6.99. The van der Waals surface area contributed by atoms with Crippen LogP contribution in [0.25, 0.3) is 0 Å². The lowest BCUT2D eigenvalue weighted by Crippen LogP contribution is -2.38. The molecule has 0 spiro atoms. The fourth-order valence-corrected chi connectivity index (χ4v) is 2.32. The fraction of sp³-hybridized carbons (Fsp3) is 0.533. The minimum atomic E-state index is 0.0543. The van der Waals surface area contributed by atoms with Gasteiger partial charge in [-0.25, -0.2) is 0 Å². The van der Waals surface area contributed by atoms with E-state index in [2.05, 4.69) is 6.92 Å². The molecule has 104 valence electrons. The number of aryl methyl sites for hydroxylation is 1. The van der Waals surface area contributed by atoms with Crippen molar-refractivity contribution in [1.82, 2.24) is 4.90 Å². The Morgan fingerprint density at radius 3 is 2.68 bits per heavy atom. The Bertz CT molecular complexity index is 440. The smallest absolute Gasteiger partial charge is 0.260 e. The molecule has 1 aromatic rings. The van der Waals surface area contributed by atoms with Gasteiger partial charge in [0.2, 0.25) is 0 Å². The van der Waals surface area contributed by atoms with Gasteiger partial charge in [-0.05, 0) is 43.4 Å². The predicted molar refractivity (Wildman–Crippen MR) is 76.2 cm³/mol. The van der Waals surface area contributed by atoms with Crippen molar-refractivity contribution >= 4 is 11.6 Å². The van der Waals surface area contributed by atoms with Gasteiger partial charge in [0.25, 0.3) is 5.91 Å². The first kappa shape index (κ1) is 13.7. The van der Waals surface area contributed by atoms with E-state index >= 15 is 0 Å². The highest BCUT2D eigenvalue weighted by atomic mass is 16.5. The highest BCUT2D eigenvalue weighted by molar-refractivity contribution is 5.78. The van der Waals surface area contributed by atoms with E-state index in [0.717, 1.165) is 32.4 Å².